The Balaban J connectivity index is 1.75. The Bertz CT molecular complexity index is 551. The van der Waals surface area contributed by atoms with Crippen molar-refractivity contribution in [2.24, 2.45) is 11.3 Å². The van der Waals surface area contributed by atoms with Crippen molar-refractivity contribution < 1.29 is 13.6 Å². The topological polar surface area (TPSA) is 29.1 Å². The lowest BCUT2D eigenvalue weighted by atomic mass is 9.79. The number of benzene rings is 1. The summed E-state index contributed by atoms with van der Waals surface area (Å²) in [6.45, 7) is 4.32. The number of nitrogens with one attached hydrogen (secondary N) is 1. The van der Waals surface area contributed by atoms with Gasteiger partial charge < -0.3 is 5.32 Å². The zero-order valence-electron chi connectivity index (χ0n) is 14.8. The van der Waals surface area contributed by atoms with Crippen LogP contribution in [0.15, 0.2) is 18.2 Å². The van der Waals surface area contributed by atoms with Gasteiger partial charge in [0.1, 0.15) is 11.6 Å². The van der Waals surface area contributed by atoms with E-state index >= 15 is 0 Å². The zero-order valence-corrected chi connectivity index (χ0v) is 14.8. The third-order valence-electron chi connectivity index (χ3n) is 5.21. The molecule has 134 valence electrons. The minimum atomic E-state index is -0.580. The maximum atomic E-state index is 13.6. The molecule has 0 unspecified atom stereocenters. The quantitative estimate of drug-likeness (QED) is 0.744. The molecule has 0 aliphatic heterocycles. The minimum absolute atomic E-state index is 0.0147. The normalized spacial score (nSPS) is 16.2. The van der Waals surface area contributed by atoms with Gasteiger partial charge >= 0.3 is 0 Å². The molecule has 1 N–H and O–H groups in total. The van der Waals surface area contributed by atoms with Crippen LogP contribution in [0.25, 0.3) is 0 Å². The van der Waals surface area contributed by atoms with E-state index in [0.717, 1.165) is 24.8 Å². The maximum Gasteiger partial charge on any atom is 0.225 e. The van der Waals surface area contributed by atoms with Crippen LogP contribution in [0.1, 0.15) is 64.4 Å². The Morgan fingerprint density at radius 2 is 1.92 bits per heavy atom. The summed E-state index contributed by atoms with van der Waals surface area (Å²) in [5.41, 5.74) is 0.0235. The first-order valence-electron chi connectivity index (χ1n) is 9.11. The van der Waals surface area contributed by atoms with E-state index in [9.17, 15) is 13.6 Å². The average molecular weight is 337 g/mol. The first-order chi connectivity index (χ1) is 11.4. The van der Waals surface area contributed by atoms with Crippen LogP contribution in [-0.4, -0.2) is 12.5 Å². The van der Waals surface area contributed by atoms with Gasteiger partial charge in [-0.1, -0.05) is 52.0 Å². The van der Waals surface area contributed by atoms with Gasteiger partial charge in [0, 0.05) is 18.0 Å². The Hall–Kier alpha value is -1.45. The molecule has 1 fully saturated rings. The molecule has 0 aromatic heterocycles. The second-order valence-corrected chi connectivity index (χ2v) is 7.67. The van der Waals surface area contributed by atoms with E-state index in [-0.39, 0.29) is 5.91 Å². The van der Waals surface area contributed by atoms with Crippen LogP contribution in [0.2, 0.25) is 0 Å². The fraction of sp³-hybridized carbons (Fsp3) is 0.650. The molecule has 1 aromatic carbocycles. The molecule has 2 rings (SSSR count). The highest BCUT2D eigenvalue weighted by molar-refractivity contribution is 5.81. The van der Waals surface area contributed by atoms with E-state index < -0.39 is 17.0 Å². The van der Waals surface area contributed by atoms with Gasteiger partial charge in [-0.25, -0.2) is 8.78 Å². The van der Waals surface area contributed by atoms with Gasteiger partial charge in [-0.05, 0) is 36.8 Å². The summed E-state index contributed by atoms with van der Waals surface area (Å²) in [4.78, 5) is 12.4. The molecule has 0 spiro atoms. The molecule has 0 bridgehead atoms. The third kappa shape index (κ3) is 5.57. The van der Waals surface area contributed by atoms with E-state index in [4.69, 9.17) is 0 Å². The molecule has 4 heteroatoms. The number of hydrogen-bond acceptors (Lipinski definition) is 1. The van der Waals surface area contributed by atoms with Gasteiger partial charge in [0.05, 0.1) is 0 Å². The fourth-order valence-corrected chi connectivity index (χ4v) is 3.43. The van der Waals surface area contributed by atoms with E-state index in [1.807, 2.05) is 13.8 Å². The number of halogens is 2. The molecule has 24 heavy (non-hydrogen) atoms. The summed E-state index contributed by atoms with van der Waals surface area (Å²) >= 11 is 0. The van der Waals surface area contributed by atoms with Gasteiger partial charge in [0.2, 0.25) is 5.91 Å². The van der Waals surface area contributed by atoms with Crippen molar-refractivity contribution in [1.82, 2.24) is 5.32 Å². The molecule has 2 nitrogen and oxygen atoms in total. The lowest BCUT2D eigenvalue weighted by Gasteiger charge is -2.28. The molecule has 0 atom stereocenters. The van der Waals surface area contributed by atoms with Crippen molar-refractivity contribution in [3.8, 4) is 0 Å². The SMILES string of the molecule is CC(C)(CCC1CCCCC1)C(=O)NCCc1ccc(F)cc1F. The van der Waals surface area contributed by atoms with Gasteiger partial charge in [-0.2, -0.15) is 0 Å². The Kier molecular flexibility index (Phi) is 6.76. The molecule has 1 saturated carbocycles. The molecule has 0 heterocycles. The zero-order chi connectivity index (χ0) is 17.6. The van der Waals surface area contributed by atoms with Crippen molar-refractivity contribution in [3.63, 3.8) is 0 Å². The lowest BCUT2D eigenvalue weighted by Crippen LogP contribution is -2.38. The molecule has 1 aromatic rings. The van der Waals surface area contributed by atoms with Crippen LogP contribution in [0.3, 0.4) is 0 Å². The number of carbonyl (C=O) groups excluding carboxylic acids is 1. The highest BCUT2D eigenvalue weighted by Crippen LogP contribution is 2.32. The van der Waals surface area contributed by atoms with Crippen LogP contribution in [0.5, 0.6) is 0 Å². The van der Waals surface area contributed by atoms with Crippen LogP contribution in [-0.2, 0) is 11.2 Å². The summed E-state index contributed by atoms with van der Waals surface area (Å²) in [5.74, 6) is -0.357. The molecule has 0 saturated heterocycles. The predicted octanol–water partition coefficient (Wildman–Crippen LogP) is 5.01. The van der Waals surface area contributed by atoms with Gasteiger partial charge in [-0.15, -0.1) is 0 Å². The van der Waals surface area contributed by atoms with Crippen molar-refractivity contribution in [3.05, 3.63) is 35.4 Å². The van der Waals surface area contributed by atoms with Crippen LogP contribution in [0, 0.1) is 23.0 Å². The summed E-state index contributed by atoms with van der Waals surface area (Å²) in [5, 5.41) is 2.90. The van der Waals surface area contributed by atoms with E-state index in [2.05, 4.69) is 5.32 Å². The first kappa shape index (κ1) is 18.9. The molecule has 1 aliphatic rings. The third-order valence-corrected chi connectivity index (χ3v) is 5.21. The van der Waals surface area contributed by atoms with E-state index in [1.165, 1.54) is 44.2 Å². The smallest absolute Gasteiger partial charge is 0.225 e. The average Bonchev–Trinajstić information content (AvgIpc) is 2.56. The van der Waals surface area contributed by atoms with Crippen molar-refractivity contribution in [1.29, 1.82) is 0 Å². The number of carbonyl (C=O) groups is 1. The Morgan fingerprint density at radius 1 is 1.21 bits per heavy atom. The monoisotopic (exact) mass is 337 g/mol. The maximum absolute atomic E-state index is 13.6. The van der Waals surface area contributed by atoms with Gasteiger partial charge in [-0.3, -0.25) is 4.79 Å². The van der Waals surface area contributed by atoms with Crippen molar-refractivity contribution in [2.45, 2.75) is 65.2 Å². The van der Waals surface area contributed by atoms with Crippen LogP contribution < -0.4 is 5.32 Å². The summed E-state index contributed by atoms with van der Waals surface area (Å²) in [6, 6.07) is 3.56. The lowest BCUT2D eigenvalue weighted by molar-refractivity contribution is -0.129. The molecule has 1 amide bonds. The second-order valence-electron chi connectivity index (χ2n) is 7.67. The molecular formula is C20H29F2NO. The van der Waals surface area contributed by atoms with Gasteiger partial charge in [0.15, 0.2) is 0 Å². The van der Waals surface area contributed by atoms with Crippen LogP contribution in [0.4, 0.5) is 8.78 Å². The fourth-order valence-electron chi connectivity index (χ4n) is 3.43. The summed E-state index contributed by atoms with van der Waals surface area (Å²) in [6.07, 6.45) is 8.93. The molecule has 1 aliphatic carbocycles. The van der Waals surface area contributed by atoms with Crippen LogP contribution >= 0.6 is 0 Å². The highest BCUT2D eigenvalue weighted by atomic mass is 19.1. The van der Waals surface area contributed by atoms with Crippen molar-refractivity contribution in [2.75, 3.05) is 6.54 Å². The van der Waals surface area contributed by atoms with E-state index in [1.54, 1.807) is 0 Å². The van der Waals surface area contributed by atoms with E-state index in [0.29, 0.717) is 18.5 Å². The highest BCUT2D eigenvalue weighted by Gasteiger charge is 2.28. The standard InChI is InChI=1S/C20H29F2NO/c1-20(2,12-10-15-6-4-3-5-7-15)19(24)23-13-11-16-8-9-17(21)14-18(16)22/h8-9,14-15H,3-7,10-13H2,1-2H3,(H,23,24). The number of rotatable bonds is 7. The number of amides is 1. The second kappa shape index (κ2) is 8.59. The minimum Gasteiger partial charge on any atom is -0.355 e. The first-order valence-corrected chi connectivity index (χ1v) is 9.11. The summed E-state index contributed by atoms with van der Waals surface area (Å²) < 4.78 is 26.5. The Labute approximate surface area is 144 Å². The molecular weight excluding hydrogens is 308 g/mol. The summed E-state index contributed by atoms with van der Waals surface area (Å²) in [7, 11) is 0. The van der Waals surface area contributed by atoms with Gasteiger partial charge in [0.25, 0.3) is 0 Å². The largest absolute Gasteiger partial charge is 0.355 e. The number of hydrogen-bond donors (Lipinski definition) is 1. The predicted molar refractivity (Wildman–Crippen MR) is 92.7 cm³/mol. The molecule has 0 radical (unpaired) electrons. The Morgan fingerprint density at radius 3 is 2.58 bits per heavy atom. The van der Waals surface area contributed by atoms with Crippen molar-refractivity contribution >= 4 is 5.91 Å².